The van der Waals surface area contributed by atoms with Crippen LogP contribution >= 0.6 is 11.8 Å². The highest BCUT2D eigenvalue weighted by molar-refractivity contribution is 8.00. The number of amides is 2. The third kappa shape index (κ3) is 6.19. The molecule has 0 saturated carbocycles. The fourth-order valence-electron chi connectivity index (χ4n) is 3.86. The molecular weight excluding hydrogens is 443 g/mol. The van der Waals surface area contributed by atoms with Gasteiger partial charge in [0.25, 0.3) is 5.91 Å². The van der Waals surface area contributed by atoms with Gasteiger partial charge in [-0.1, -0.05) is 38.3 Å². The van der Waals surface area contributed by atoms with Gasteiger partial charge in [0.2, 0.25) is 5.91 Å². The van der Waals surface area contributed by atoms with Crippen LogP contribution in [-0.2, 0) is 11.3 Å². The number of rotatable bonds is 10. The van der Waals surface area contributed by atoms with Gasteiger partial charge < -0.3 is 19.7 Å². The van der Waals surface area contributed by atoms with Crippen LogP contribution in [0.4, 0.5) is 4.39 Å². The molecule has 1 aliphatic rings. The second-order valence-electron chi connectivity index (χ2n) is 7.93. The quantitative estimate of drug-likeness (QED) is 0.509. The van der Waals surface area contributed by atoms with Crippen molar-refractivity contribution in [3.05, 3.63) is 59.4 Å². The van der Waals surface area contributed by atoms with Crippen LogP contribution < -0.4 is 14.8 Å². The van der Waals surface area contributed by atoms with Crippen LogP contribution in [0.1, 0.15) is 48.5 Å². The van der Waals surface area contributed by atoms with E-state index in [-0.39, 0.29) is 29.6 Å². The van der Waals surface area contributed by atoms with E-state index in [2.05, 4.69) is 12.2 Å². The molecule has 2 unspecified atom stereocenters. The van der Waals surface area contributed by atoms with Crippen molar-refractivity contribution in [2.24, 2.45) is 0 Å². The van der Waals surface area contributed by atoms with E-state index in [0.29, 0.717) is 22.8 Å². The van der Waals surface area contributed by atoms with Gasteiger partial charge in [0, 0.05) is 17.9 Å². The third-order valence-corrected chi connectivity index (χ3v) is 7.05. The maximum absolute atomic E-state index is 13.6. The number of nitrogens with zero attached hydrogens (tertiary/aromatic N) is 1. The number of carbonyl (C=O) groups is 2. The van der Waals surface area contributed by atoms with Gasteiger partial charge in [0.1, 0.15) is 11.9 Å². The standard InChI is InChI=1S/C25H31FN2O4S/c1-4-5-6-7-23-28(25(30)18-10-13-21(31-2)22(14-18)32-3)20(16-33-23)24(29)27-15-17-8-11-19(26)12-9-17/h8-14,20,23H,4-7,15-16H2,1-3H3,(H,27,29). The largest absolute Gasteiger partial charge is 0.493 e. The Balaban J connectivity index is 1.79. The van der Waals surface area contributed by atoms with E-state index in [9.17, 15) is 14.0 Å². The van der Waals surface area contributed by atoms with Gasteiger partial charge in [-0.05, 0) is 42.3 Å². The first-order chi connectivity index (χ1) is 16.0. The van der Waals surface area contributed by atoms with Gasteiger partial charge in [-0.25, -0.2) is 4.39 Å². The van der Waals surface area contributed by atoms with Gasteiger partial charge in [-0.15, -0.1) is 11.8 Å². The second-order valence-corrected chi connectivity index (χ2v) is 9.14. The van der Waals surface area contributed by atoms with Gasteiger partial charge in [-0.2, -0.15) is 0 Å². The van der Waals surface area contributed by atoms with E-state index in [4.69, 9.17) is 9.47 Å². The molecule has 2 aromatic rings. The number of ether oxygens (including phenoxy) is 2. The molecule has 0 bridgehead atoms. The number of hydrogen-bond acceptors (Lipinski definition) is 5. The predicted octanol–water partition coefficient (Wildman–Crippen LogP) is 4.62. The number of benzene rings is 2. The summed E-state index contributed by atoms with van der Waals surface area (Å²) in [6.07, 6.45) is 3.99. The zero-order valence-corrected chi connectivity index (χ0v) is 20.1. The van der Waals surface area contributed by atoms with Gasteiger partial charge in [0.15, 0.2) is 11.5 Å². The lowest BCUT2D eigenvalue weighted by atomic mass is 10.1. The van der Waals surface area contributed by atoms with Gasteiger partial charge >= 0.3 is 0 Å². The van der Waals surface area contributed by atoms with Crippen molar-refractivity contribution in [3.63, 3.8) is 0 Å². The predicted molar refractivity (Wildman–Crippen MR) is 128 cm³/mol. The van der Waals surface area contributed by atoms with Crippen LogP contribution in [0.25, 0.3) is 0 Å². The molecule has 2 atom stereocenters. The zero-order valence-electron chi connectivity index (χ0n) is 19.3. The third-order valence-electron chi connectivity index (χ3n) is 5.69. The number of nitrogens with one attached hydrogen (secondary N) is 1. The number of thioether (sulfide) groups is 1. The summed E-state index contributed by atoms with van der Waals surface area (Å²) in [6, 6.07) is 10.5. The van der Waals surface area contributed by atoms with Crippen molar-refractivity contribution < 1.29 is 23.5 Å². The summed E-state index contributed by atoms with van der Waals surface area (Å²) in [5, 5.41) is 2.84. The highest BCUT2D eigenvalue weighted by Crippen LogP contribution is 2.35. The van der Waals surface area contributed by atoms with Crippen molar-refractivity contribution in [1.82, 2.24) is 10.2 Å². The second kappa shape index (κ2) is 11.9. The van der Waals surface area contributed by atoms with Crippen molar-refractivity contribution in [1.29, 1.82) is 0 Å². The topological polar surface area (TPSA) is 67.9 Å². The average Bonchev–Trinajstić information content (AvgIpc) is 3.26. The fraction of sp³-hybridized carbons (Fsp3) is 0.440. The Hall–Kier alpha value is -2.74. The molecule has 178 valence electrons. The van der Waals surface area contributed by atoms with E-state index in [1.165, 1.54) is 19.2 Å². The Bertz CT molecular complexity index is 954. The molecule has 6 nitrogen and oxygen atoms in total. The molecule has 1 fully saturated rings. The molecule has 8 heteroatoms. The maximum atomic E-state index is 13.6. The molecule has 1 N–H and O–H groups in total. The van der Waals surface area contributed by atoms with Crippen molar-refractivity contribution in [3.8, 4) is 11.5 Å². The lowest BCUT2D eigenvalue weighted by molar-refractivity contribution is -0.125. The van der Waals surface area contributed by atoms with Gasteiger partial charge in [-0.3, -0.25) is 9.59 Å². The molecule has 2 amide bonds. The minimum atomic E-state index is -0.581. The molecule has 0 aliphatic carbocycles. The Morgan fingerprint density at radius 2 is 1.82 bits per heavy atom. The first-order valence-electron chi connectivity index (χ1n) is 11.2. The molecule has 1 saturated heterocycles. The Kier molecular flexibility index (Phi) is 9.00. The molecule has 0 radical (unpaired) electrons. The van der Waals surface area contributed by atoms with Crippen LogP contribution in [-0.4, -0.2) is 48.1 Å². The van der Waals surface area contributed by atoms with Crippen LogP contribution in [0.15, 0.2) is 42.5 Å². The summed E-state index contributed by atoms with van der Waals surface area (Å²) in [5.41, 5.74) is 1.25. The van der Waals surface area contributed by atoms with E-state index in [1.54, 1.807) is 54.1 Å². The normalized spacial score (nSPS) is 17.6. The summed E-state index contributed by atoms with van der Waals surface area (Å²) in [7, 11) is 3.07. The monoisotopic (exact) mass is 474 g/mol. The maximum Gasteiger partial charge on any atom is 0.255 e. The van der Waals surface area contributed by atoms with E-state index < -0.39 is 6.04 Å². The summed E-state index contributed by atoms with van der Waals surface area (Å²) in [4.78, 5) is 28.4. The van der Waals surface area contributed by atoms with E-state index in [1.807, 2.05) is 0 Å². The SMILES string of the molecule is CCCCCC1SCC(C(=O)NCc2ccc(F)cc2)N1C(=O)c1ccc(OC)c(OC)c1. The van der Waals surface area contributed by atoms with Crippen LogP contribution in [0.2, 0.25) is 0 Å². The molecule has 1 heterocycles. The molecular formula is C25H31FN2O4S. The number of halogens is 1. The lowest BCUT2D eigenvalue weighted by Gasteiger charge is -2.29. The molecule has 33 heavy (non-hydrogen) atoms. The summed E-state index contributed by atoms with van der Waals surface area (Å²) < 4.78 is 23.8. The number of unbranched alkanes of at least 4 members (excludes halogenated alkanes) is 2. The Morgan fingerprint density at radius 3 is 2.48 bits per heavy atom. The van der Waals surface area contributed by atoms with Crippen LogP contribution in [0.3, 0.4) is 0 Å². The average molecular weight is 475 g/mol. The summed E-state index contributed by atoms with van der Waals surface area (Å²) in [5.74, 6) is 0.806. The van der Waals surface area contributed by atoms with Crippen molar-refractivity contribution >= 4 is 23.6 Å². The summed E-state index contributed by atoms with van der Waals surface area (Å²) >= 11 is 1.64. The number of methoxy groups -OCH3 is 2. The first-order valence-corrected chi connectivity index (χ1v) is 12.2. The Labute approximate surface area is 198 Å². The highest BCUT2D eigenvalue weighted by atomic mass is 32.2. The lowest BCUT2D eigenvalue weighted by Crippen LogP contribution is -2.49. The highest BCUT2D eigenvalue weighted by Gasteiger charge is 2.41. The molecule has 3 rings (SSSR count). The fourth-order valence-corrected chi connectivity index (χ4v) is 5.31. The van der Waals surface area contributed by atoms with Crippen molar-refractivity contribution in [2.45, 2.75) is 50.6 Å². The molecule has 0 aromatic heterocycles. The van der Waals surface area contributed by atoms with Gasteiger partial charge in [0.05, 0.1) is 19.6 Å². The molecule has 0 spiro atoms. The van der Waals surface area contributed by atoms with E-state index in [0.717, 1.165) is 31.2 Å². The minimum Gasteiger partial charge on any atom is -0.493 e. The summed E-state index contributed by atoms with van der Waals surface area (Å²) in [6.45, 7) is 2.42. The minimum absolute atomic E-state index is 0.0706. The first kappa shape index (κ1) is 24.9. The van der Waals surface area contributed by atoms with Crippen LogP contribution in [0, 0.1) is 5.82 Å². The van der Waals surface area contributed by atoms with Crippen LogP contribution in [0.5, 0.6) is 11.5 Å². The van der Waals surface area contributed by atoms with Crippen molar-refractivity contribution in [2.75, 3.05) is 20.0 Å². The Morgan fingerprint density at radius 1 is 1.09 bits per heavy atom. The van der Waals surface area contributed by atoms with E-state index >= 15 is 0 Å². The smallest absolute Gasteiger partial charge is 0.255 e. The number of carbonyl (C=O) groups excluding carboxylic acids is 2. The molecule has 2 aromatic carbocycles. The zero-order chi connectivity index (χ0) is 23.8. The number of hydrogen-bond donors (Lipinski definition) is 1. The molecule has 1 aliphatic heterocycles.